The maximum absolute atomic E-state index is 13.2. The van der Waals surface area contributed by atoms with Crippen molar-refractivity contribution in [1.82, 2.24) is 4.90 Å². The van der Waals surface area contributed by atoms with E-state index >= 15 is 0 Å². The number of nitrogens with one attached hydrogen (secondary N) is 1. The molecule has 0 aliphatic heterocycles. The van der Waals surface area contributed by atoms with Gasteiger partial charge in [-0.25, -0.2) is 9.59 Å². The number of nitrogens with zero attached hydrogens (tertiary/aromatic N) is 1. The molecule has 0 radical (unpaired) electrons. The lowest BCUT2D eigenvalue weighted by atomic mass is 10.1. The first-order valence-electron chi connectivity index (χ1n) is 13.1. The fraction of sp³-hybridized carbons (Fsp3) is 0.333. The summed E-state index contributed by atoms with van der Waals surface area (Å²) in [5.74, 6) is -2.66. The lowest BCUT2D eigenvalue weighted by Crippen LogP contribution is -2.45. The van der Waals surface area contributed by atoms with Crippen LogP contribution in [0.15, 0.2) is 54.1 Å². The van der Waals surface area contributed by atoms with Crippen LogP contribution in [0.2, 0.25) is 0 Å². The van der Waals surface area contributed by atoms with Crippen molar-refractivity contribution < 1.29 is 43.3 Å². The number of benzene rings is 2. The lowest BCUT2D eigenvalue weighted by molar-refractivity contribution is -0.154. The number of hydrogen-bond acceptors (Lipinski definition) is 9. The number of ether oxygens (including phenoxy) is 3. The molecular formula is C30H37N3O9. The zero-order valence-electron chi connectivity index (χ0n) is 24.3. The third-order valence-corrected chi connectivity index (χ3v) is 5.46. The minimum absolute atomic E-state index is 0.0129. The molecule has 1 atom stereocenters. The molecule has 12 heteroatoms. The number of aliphatic carboxylic acids is 1. The number of amidine groups is 1. The largest absolute Gasteiger partial charge is 0.481 e. The molecule has 2 rings (SSSR count). The molecule has 0 aliphatic rings. The molecule has 0 aromatic heterocycles. The molecule has 2 aromatic carbocycles. The second-order valence-corrected chi connectivity index (χ2v) is 8.78. The minimum Gasteiger partial charge on any atom is -0.481 e. The smallest absolute Gasteiger partial charge is 0.343 e. The fourth-order valence-electron chi connectivity index (χ4n) is 3.43. The molecule has 0 saturated carbocycles. The van der Waals surface area contributed by atoms with Crippen LogP contribution in [0.1, 0.15) is 62.5 Å². The Morgan fingerprint density at radius 3 is 1.95 bits per heavy atom. The summed E-state index contributed by atoms with van der Waals surface area (Å²) in [4.78, 5) is 60.1. The summed E-state index contributed by atoms with van der Waals surface area (Å²) in [5, 5.41) is 14.8. The Kier molecular flexibility index (Phi) is 14.7. The summed E-state index contributed by atoms with van der Waals surface area (Å²) in [7, 11) is 0. The molecule has 42 heavy (non-hydrogen) atoms. The third kappa shape index (κ3) is 12.0. The summed E-state index contributed by atoms with van der Waals surface area (Å²) in [6.07, 6.45) is 1.55. The SMILES string of the molecule is CC(=O)O.CCOC(=O)CCN(C(=O)C(C)=Cc1ccc(C(=O)Oc2ccc(C(=N)N)cc2)cc1)[C@@H](C)C(=O)OCC. The van der Waals surface area contributed by atoms with E-state index in [2.05, 4.69) is 0 Å². The standard InChI is InChI=1S/C28H33N3O7.C2H4O2/c1-5-36-24(32)15-16-31(19(4)27(34)37-6-2)26(33)18(3)17-20-7-9-22(10-8-20)28(35)38-23-13-11-21(12-14-23)25(29)30;1-2(3)4/h7-14,17,19H,5-6,15-16H2,1-4H3,(H3,29,30);1H3,(H,3,4)/t19-;/m0./s1. The van der Waals surface area contributed by atoms with Gasteiger partial charge in [0.25, 0.3) is 5.97 Å². The highest BCUT2D eigenvalue weighted by atomic mass is 16.5. The van der Waals surface area contributed by atoms with Gasteiger partial charge >= 0.3 is 17.9 Å². The lowest BCUT2D eigenvalue weighted by Gasteiger charge is -2.28. The predicted molar refractivity (Wildman–Crippen MR) is 155 cm³/mol. The van der Waals surface area contributed by atoms with Crippen LogP contribution >= 0.6 is 0 Å². The molecule has 1 amide bonds. The molecule has 0 heterocycles. The third-order valence-electron chi connectivity index (χ3n) is 5.46. The van der Waals surface area contributed by atoms with Crippen molar-refractivity contribution in [2.75, 3.05) is 19.8 Å². The molecule has 0 aliphatic carbocycles. The first kappa shape index (κ1) is 35.0. The summed E-state index contributed by atoms with van der Waals surface area (Å²) in [5.41, 5.74) is 7.21. The number of hydrogen-bond donors (Lipinski definition) is 3. The Hall–Kier alpha value is -5.00. The van der Waals surface area contributed by atoms with Gasteiger partial charge in [-0.2, -0.15) is 0 Å². The number of carboxylic acid groups (broad SMARTS) is 1. The first-order chi connectivity index (χ1) is 19.8. The van der Waals surface area contributed by atoms with Gasteiger partial charge in [0, 0.05) is 24.6 Å². The van der Waals surface area contributed by atoms with E-state index in [0.717, 1.165) is 6.92 Å². The molecule has 0 spiro atoms. The van der Waals surface area contributed by atoms with Gasteiger partial charge in [0.05, 0.1) is 25.2 Å². The van der Waals surface area contributed by atoms with Crippen molar-refractivity contribution >= 4 is 41.7 Å². The van der Waals surface area contributed by atoms with Gasteiger partial charge in [-0.1, -0.05) is 12.1 Å². The minimum atomic E-state index is -0.901. The van der Waals surface area contributed by atoms with Crippen LogP contribution in [-0.4, -0.2) is 71.4 Å². The average molecular weight is 584 g/mol. The van der Waals surface area contributed by atoms with Crippen molar-refractivity contribution in [3.63, 3.8) is 0 Å². The zero-order chi connectivity index (χ0) is 31.8. The van der Waals surface area contributed by atoms with E-state index in [4.69, 9.17) is 35.3 Å². The van der Waals surface area contributed by atoms with Crippen LogP contribution in [0.4, 0.5) is 0 Å². The molecule has 0 saturated heterocycles. The summed E-state index contributed by atoms with van der Waals surface area (Å²) >= 11 is 0. The Balaban J connectivity index is 0.00000206. The van der Waals surface area contributed by atoms with E-state index in [1.807, 2.05) is 0 Å². The average Bonchev–Trinajstić information content (AvgIpc) is 2.93. The van der Waals surface area contributed by atoms with Gasteiger partial charge in [0.15, 0.2) is 0 Å². The normalized spacial score (nSPS) is 11.2. The van der Waals surface area contributed by atoms with Gasteiger partial charge in [0.2, 0.25) is 5.91 Å². The van der Waals surface area contributed by atoms with Gasteiger partial charge in [0.1, 0.15) is 17.6 Å². The van der Waals surface area contributed by atoms with Crippen molar-refractivity contribution in [1.29, 1.82) is 5.41 Å². The van der Waals surface area contributed by atoms with E-state index in [0.29, 0.717) is 28.0 Å². The highest BCUT2D eigenvalue weighted by Gasteiger charge is 2.28. The number of carbonyl (C=O) groups excluding carboxylic acids is 4. The molecule has 0 unspecified atom stereocenters. The molecule has 226 valence electrons. The first-order valence-corrected chi connectivity index (χ1v) is 13.1. The molecule has 2 aromatic rings. The van der Waals surface area contributed by atoms with Crippen molar-refractivity contribution in [2.45, 2.75) is 47.1 Å². The number of carboxylic acids is 1. The Labute approximate surface area is 244 Å². The van der Waals surface area contributed by atoms with Gasteiger partial charge in [-0.15, -0.1) is 0 Å². The van der Waals surface area contributed by atoms with E-state index in [9.17, 15) is 19.2 Å². The van der Waals surface area contributed by atoms with E-state index in [-0.39, 0.29) is 32.0 Å². The van der Waals surface area contributed by atoms with Crippen LogP contribution in [0.5, 0.6) is 5.75 Å². The topological polar surface area (TPSA) is 186 Å². The number of nitrogens with two attached hydrogens (primary N) is 1. The predicted octanol–water partition coefficient (Wildman–Crippen LogP) is 3.42. The summed E-state index contributed by atoms with van der Waals surface area (Å²) in [6.45, 7) is 7.95. The highest BCUT2D eigenvalue weighted by molar-refractivity contribution is 5.99. The van der Waals surface area contributed by atoms with Crippen molar-refractivity contribution in [2.24, 2.45) is 5.73 Å². The second kappa shape index (κ2) is 17.6. The quantitative estimate of drug-likeness (QED) is 0.110. The second-order valence-electron chi connectivity index (χ2n) is 8.78. The van der Waals surface area contributed by atoms with Gasteiger partial charge in [-0.3, -0.25) is 19.8 Å². The molecule has 12 nitrogen and oxygen atoms in total. The van der Waals surface area contributed by atoms with Crippen molar-refractivity contribution in [3.05, 3.63) is 70.8 Å². The maximum atomic E-state index is 13.2. The van der Waals surface area contributed by atoms with E-state index < -0.39 is 35.8 Å². The Bertz CT molecular complexity index is 1280. The van der Waals surface area contributed by atoms with Crippen LogP contribution in [0.25, 0.3) is 6.08 Å². The molecule has 0 fully saturated rings. The number of nitrogen functional groups attached to an aromatic ring is 1. The van der Waals surface area contributed by atoms with Crippen LogP contribution in [-0.2, 0) is 28.7 Å². The number of carbonyl (C=O) groups is 5. The van der Waals surface area contributed by atoms with Crippen molar-refractivity contribution in [3.8, 4) is 5.75 Å². The van der Waals surface area contributed by atoms with Crippen LogP contribution < -0.4 is 10.5 Å². The highest BCUT2D eigenvalue weighted by Crippen LogP contribution is 2.17. The molecule has 4 N–H and O–H groups in total. The van der Waals surface area contributed by atoms with Gasteiger partial charge in [-0.05, 0) is 75.7 Å². The van der Waals surface area contributed by atoms with Gasteiger partial charge < -0.3 is 30.0 Å². The number of esters is 3. The summed E-state index contributed by atoms with van der Waals surface area (Å²) < 4.78 is 15.3. The monoisotopic (exact) mass is 583 g/mol. The number of rotatable bonds is 12. The number of amides is 1. The van der Waals surface area contributed by atoms with E-state index in [1.165, 1.54) is 4.90 Å². The molecular weight excluding hydrogens is 546 g/mol. The molecule has 0 bridgehead atoms. The summed E-state index contributed by atoms with van der Waals surface area (Å²) in [6, 6.07) is 11.8. The fourth-order valence-corrected chi connectivity index (χ4v) is 3.43. The van der Waals surface area contributed by atoms with E-state index in [1.54, 1.807) is 82.3 Å². The van der Waals surface area contributed by atoms with Crippen LogP contribution in [0, 0.1) is 5.41 Å². The Morgan fingerprint density at radius 1 is 0.929 bits per heavy atom. The van der Waals surface area contributed by atoms with Crippen LogP contribution in [0.3, 0.4) is 0 Å². The maximum Gasteiger partial charge on any atom is 0.343 e. The Morgan fingerprint density at radius 2 is 1.45 bits per heavy atom. The zero-order valence-corrected chi connectivity index (χ0v) is 24.3.